The van der Waals surface area contributed by atoms with Gasteiger partial charge < -0.3 is 19.7 Å². The Labute approximate surface area is 275 Å². The van der Waals surface area contributed by atoms with Crippen molar-refractivity contribution in [2.45, 2.75) is 45.4 Å². The summed E-state index contributed by atoms with van der Waals surface area (Å²) < 4.78 is 49.7. The third-order valence-corrected chi connectivity index (χ3v) is 7.02. The molecule has 0 saturated heterocycles. The molecule has 1 N–H and O–H groups in total. The zero-order valence-corrected chi connectivity index (χ0v) is 26.8. The zero-order valence-electron chi connectivity index (χ0n) is 26.8. The Morgan fingerprint density at radius 2 is 1.58 bits per heavy atom. The molecule has 9 nitrogen and oxygen atoms in total. The second-order valence-corrected chi connectivity index (χ2v) is 11.3. The standard InChI is InChI=1S/C36H34F3N3O6/c1-22(2)47-35(46)25-13-17-27(18-14-25)48-31(43)9-5-7-23-10-19-30(29(21-23)34(45)42(3)4)41-33(44)28-8-6-20-40-32(28)24-11-15-26(16-12-24)36(37,38)39/h6,8,10-22H,5,7,9H2,1-4H3,(H,41,44). The van der Waals surface area contributed by atoms with Crippen LogP contribution in [0.25, 0.3) is 11.3 Å². The van der Waals surface area contributed by atoms with E-state index in [9.17, 15) is 32.3 Å². The van der Waals surface area contributed by atoms with E-state index >= 15 is 0 Å². The first-order valence-electron chi connectivity index (χ1n) is 15.0. The topological polar surface area (TPSA) is 115 Å². The maximum Gasteiger partial charge on any atom is 0.416 e. The Bertz CT molecular complexity index is 1790. The lowest BCUT2D eigenvalue weighted by Gasteiger charge is -2.17. The number of esters is 2. The molecule has 0 unspecified atom stereocenters. The van der Waals surface area contributed by atoms with Gasteiger partial charge in [-0.3, -0.25) is 19.4 Å². The fourth-order valence-corrected chi connectivity index (χ4v) is 4.66. The molecule has 0 bridgehead atoms. The lowest BCUT2D eigenvalue weighted by atomic mass is 10.0. The number of nitrogens with zero attached hydrogens (tertiary/aromatic N) is 2. The lowest BCUT2D eigenvalue weighted by Crippen LogP contribution is -2.24. The van der Waals surface area contributed by atoms with Crippen molar-refractivity contribution < 1.29 is 41.8 Å². The van der Waals surface area contributed by atoms with Gasteiger partial charge in [0.25, 0.3) is 11.8 Å². The van der Waals surface area contributed by atoms with Gasteiger partial charge in [0.15, 0.2) is 0 Å². The van der Waals surface area contributed by atoms with Crippen LogP contribution in [0.5, 0.6) is 5.75 Å². The van der Waals surface area contributed by atoms with E-state index in [0.717, 1.165) is 17.7 Å². The van der Waals surface area contributed by atoms with Gasteiger partial charge in [-0.25, -0.2) is 4.79 Å². The molecular formula is C36H34F3N3O6. The highest BCUT2D eigenvalue weighted by Gasteiger charge is 2.30. The summed E-state index contributed by atoms with van der Waals surface area (Å²) in [6, 6.07) is 18.4. The van der Waals surface area contributed by atoms with E-state index in [0.29, 0.717) is 24.0 Å². The van der Waals surface area contributed by atoms with Crippen LogP contribution in [-0.2, 0) is 22.1 Å². The summed E-state index contributed by atoms with van der Waals surface area (Å²) in [7, 11) is 3.14. The van der Waals surface area contributed by atoms with E-state index < -0.39 is 29.6 Å². The summed E-state index contributed by atoms with van der Waals surface area (Å²) in [6.07, 6.45) is -2.42. The molecule has 250 valence electrons. The molecule has 0 saturated carbocycles. The largest absolute Gasteiger partial charge is 0.459 e. The van der Waals surface area contributed by atoms with Gasteiger partial charge in [0.1, 0.15) is 5.75 Å². The van der Waals surface area contributed by atoms with Crippen LogP contribution < -0.4 is 10.1 Å². The van der Waals surface area contributed by atoms with Crippen molar-refractivity contribution in [3.05, 3.63) is 113 Å². The minimum Gasteiger partial charge on any atom is -0.459 e. The molecule has 48 heavy (non-hydrogen) atoms. The number of halogens is 3. The molecule has 0 spiro atoms. The van der Waals surface area contributed by atoms with Crippen molar-refractivity contribution in [2.24, 2.45) is 0 Å². The maximum absolute atomic E-state index is 13.4. The number of amides is 2. The first-order chi connectivity index (χ1) is 22.7. The van der Waals surface area contributed by atoms with E-state index in [1.165, 1.54) is 59.6 Å². The number of carbonyl (C=O) groups is 4. The Morgan fingerprint density at radius 3 is 2.21 bits per heavy atom. The minimum atomic E-state index is -4.51. The van der Waals surface area contributed by atoms with Crippen molar-refractivity contribution in [2.75, 3.05) is 19.4 Å². The van der Waals surface area contributed by atoms with Gasteiger partial charge in [-0.05, 0) is 92.9 Å². The van der Waals surface area contributed by atoms with E-state index in [1.807, 2.05) is 0 Å². The maximum atomic E-state index is 13.4. The molecule has 0 atom stereocenters. The van der Waals surface area contributed by atoms with Crippen LogP contribution in [0.15, 0.2) is 85.1 Å². The molecule has 0 aliphatic carbocycles. The molecule has 12 heteroatoms. The Kier molecular flexibility index (Phi) is 11.3. The average Bonchev–Trinajstić information content (AvgIpc) is 3.04. The number of hydrogen-bond donors (Lipinski definition) is 1. The van der Waals surface area contributed by atoms with Gasteiger partial charge in [0, 0.05) is 32.3 Å². The molecule has 4 aromatic rings. The molecule has 0 aliphatic rings. The second kappa shape index (κ2) is 15.4. The number of nitrogens with one attached hydrogen (secondary N) is 1. The number of anilines is 1. The molecule has 0 fully saturated rings. The number of ether oxygens (including phenoxy) is 2. The highest BCUT2D eigenvalue weighted by molar-refractivity contribution is 6.11. The summed E-state index contributed by atoms with van der Waals surface area (Å²) in [5.74, 6) is -1.63. The van der Waals surface area contributed by atoms with Crippen molar-refractivity contribution in [3.63, 3.8) is 0 Å². The molecule has 3 aromatic carbocycles. The van der Waals surface area contributed by atoms with Crippen LogP contribution >= 0.6 is 0 Å². The van der Waals surface area contributed by atoms with E-state index in [1.54, 1.807) is 46.1 Å². The van der Waals surface area contributed by atoms with Crippen molar-refractivity contribution in [1.29, 1.82) is 0 Å². The predicted molar refractivity (Wildman–Crippen MR) is 173 cm³/mol. The summed E-state index contributed by atoms with van der Waals surface area (Å²) in [6.45, 7) is 3.49. The predicted octanol–water partition coefficient (Wildman–Crippen LogP) is 7.22. The number of aryl methyl sites for hydroxylation is 1. The smallest absolute Gasteiger partial charge is 0.416 e. The number of benzene rings is 3. The molecule has 4 rings (SSSR count). The first kappa shape index (κ1) is 35.3. The number of alkyl halides is 3. The van der Waals surface area contributed by atoms with Crippen LogP contribution in [0.4, 0.5) is 18.9 Å². The van der Waals surface area contributed by atoms with Gasteiger partial charge in [-0.15, -0.1) is 0 Å². The monoisotopic (exact) mass is 661 g/mol. The third kappa shape index (κ3) is 9.27. The fraction of sp³-hybridized carbons (Fsp3) is 0.250. The molecule has 1 heterocycles. The van der Waals surface area contributed by atoms with Crippen molar-refractivity contribution in [1.82, 2.24) is 9.88 Å². The van der Waals surface area contributed by atoms with Crippen LogP contribution in [0.3, 0.4) is 0 Å². The summed E-state index contributed by atoms with van der Waals surface area (Å²) >= 11 is 0. The minimum absolute atomic E-state index is 0.0837. The van der Waals surface area contributed by atoms with Gasteiger partial charge in [0.2, 0.25) is 0 Å². The number of rotatable bonds is 11. The lowest BCUT2D eigenvalue weighted by molar-refractivity contribution is -0.137. The zero-order chi connectivity index (χ0) is 35.0. The Morgan fingerprint density at radius 1 is 0.896 bits per heavy atom. The molecule has 1 aromatic heterocycles. The quantitative estimate of drug-likeness (QED) is 0.133. The number of pyridine rings is 1. The summed E-state index contributed by atoms with van der Waals surface area (Å²) in [4.78, 5) is 56.6. The Balaban J connectivity index is 1.43. The SMILES string of the molecule is CC(C)OC(=O)c1ccc(OC(=O)CCCc2ccc(NC(=O)c3cccnc3-c3ccc(C(F)(F)F)cc3)c(C(=O)N(C)C)c2)cc1. The van der Waals surface area contributed by atoms with Crippen LogP contribution in [-0.4, -0.2) is 53.8 Å². The van der Waals surface area contributed by atoms with Gasteiger partial charge in [-0.1, -0.05) is 18.2 Å². The van der Waals surface area contributed by atoms with Crippen molar-refractivity contribution in [3.8, 4) is 17.0 Å². The molecule has 0 radical (unpaired) electrons. The Hall–Kier alpha value is -5.52. The van der Waals surface area contributed by atoms with Crippen molar-refractivity contribution >= 4 is 29.4 Å². The highest BCUT2D eigenvalue weighted by atomic mass is 19.4. The molecular weight excluding hydrogens is 627 g/mol. The highest BCUT2D eigenvalue weighted by Crippen LogP contribution is 2.32. The van der Waals surface area contributed by atoms with Gasteiger partial charge in [0.05, 0.1) is 39.7 Å². The number of carbonyl (C=O) groups excluding carboxylic acids is 4. The second-order valence-electron chi connectivity index (χ2n) is 11.3. The summed E-state index contributed by atoms with van der Waals surface area (Å²) in [5, 5.41) is 2.75. The van der Waals surface area contributed by atoms with Gasteiger partial charge >= 0.3 is 18.1 Å². The third-order valence-electron chi connectivity index (χ3n) is 7.02. The molecule has 2 amide bonds. The normalized spacial score (nSPS) is 11.2. The first-order valence-corrected chi connectivity index (χ1v) is 15.0. The van der Waals surface area contributed by atoms with Gasteiger partial charge in [-0.2, -0.15) is 13.2 Å². The van der Waals surface area contributed by atoms with Crippen LogP contribution in [0, 0.1) is 0 Å². The van der Waals surface area contributed by atoms with E-state index in [2.05, 4.69) is 10.3 Å². The summed E-state index contributed by atoms with van der Waals surface area (Å²) in [5.41, 5.74) is 1.29. The van der Waals surface area contributed by atoms with E-state index in [-0.39, 0.29) is 46.7 Å². The molecule has 0 aliphatic heterocycles. The van der Waals surface area contributed by atoms with E-state index in [4.69, 9.17) is 9.47 Å². The number of aromatic nitrogens is 1. The fourth-order valence-electron chi connectivity index (χ4n) is 4.66. The number of hydrogen-bond acceptors (Lipinski definition) is 7. The van der Waals surface area contributed by atoms with Crippen LogP contribution in [0.2, 0.25) is 0 Å². The van der Waals surface area contributed by atoms with Crippen LogP contribution in [0.1, 0.15) is 68.9 Å². The average molecular weight is 662 g/mol.